The normalized spacial score (nSPS) is 13.8. The van der Waals surface area contributed by atoms with Crippen LogP contribution < -0.4 is 5.32 Å². The molecular weight excluding hydrogens is 269 g/mol. The standard InChI is InChI=1S/C12H24NO5P/c1-11(14)7-8-12(15)13-9-5-3-4-6-10-18-19(2,16)17/h3-10H2,1-2H3,(H,13,15)(H,16,17). The average Bonchev–Trinajstić information content (AvgIpc) is 2.28. The Bertz CT molecular complexity index is 326. The van der Waals surface area contributed by atoms with Crippen molar-refractivity contribution >= 4 is 19.3 Å². The van der Waals surface area contributed by atoms with Gasteiger partial charge >= 0.3 is 7.60 Å². The molecule has 0 aromatic carbocycles. The summed E-state index contributed by atoms with van der Waals surface area (Å²) in [7, 11) is -3.34. The third kappa shape index (κ3) is 15.2. The third-order valence-electron chi connectivity index (χ3n) is 2.43. The fourth-order valence-electron chi connectivity index (χ4n) is 1.42. The Morgan fingerprint density at radius 1 is 1.16 bits per heavy atom. The van der Waals surface area contributed by atoms with E-state index < -0.39 is 7.60 Å². The quantitative estimate of drug-likeness (QED) is 0.448. The van der Waals surface area contributed by atoms with Gasteiger partial charge in [-0.15, -0.1) is 0 Å². The van der Waals surface area contributed by atoms with E-state index in [0.717, 1.165) is 25.7 Å². The summed E-state index contributed by atoms with van der Waals surface area (Å²) in [5, 5.41) is 2.75. The van der Waals surface area contributed by atoms with Gasteiger partial charge in [0.15, 0.2) is 0 Å². The van der Waals surface area contributed by atoms with E-state index in [4.69, 9.17) is 9.42 Å². The van der Waals surface area contributed by atoms with Crippen molar-refractivity contribution in [3.8, 4) is 0 Å². The van der Waals surface area contributed by atoms with Crippen molar-refractivity contribution in [2.75, 3.05) is 19.8 Å². The average molecular weight is 293 g/mol. The smallest absolute Gasteiger partial charge is 0.325 e. The molecule has 0 saturated carbocycles. The Kier molecular flexibility index (Phi) is 9.74. The summed E-state index contributed by atoms with van der Waals surface area (Å²) in [5.74, 6) is -0.0713. The van der Waals surface area contributed by atoms with Crippen LogP contribution in [0.3, 0.4) is 0 Å². The predicted octanol–water partition coefficient (Wildman–Crippen LogP) is 1.86. The van der Waals surface area contributed by atoms with Crippen molar-refractivity contribution in [3.05, 3.63) is 0 Å². The molecule has 0 aliphatic carbocycles. The molecule has 19 heavy (non-hydrogen) atoms. The first kappa shape index (κ1) is 18.3. The topological polar surface area (TPSA) is 92.7 Å². The van der Waals surface area contributed by atoms with E-state index >= 15 is 0 Å². The highest BCUT2D eigenvalue weighted by atomic mass is 31.2. The minimum atomic E-state index is -3.34. The highest BCUT2D eigenvalue weighted by Gasteiger charge is 2.08. The Balaban J connectivity index is 3.29. The molecule has 0 aliphatic rings. The number of hydrogen-bond acceptors (Lipinski definition) is 4. The molecule has 0 bridgehead atoms. The molecule has 6 nitrogen and oxygen atoms in total. The SMILES string of the molecule is CC(=O)CCC(=O)NCCCCCCOP(C)(=O)O. The van der Waals surface area contributed by atoms with Gasteiger partial charge in [0.2, 0.25) is 5.91 Å². The van der Waals surface area contributed by atoms with Gasteiger partial charge < -0.3 is 19.5 Å². The molecule has 0 saturated heterocycles. The second-order valence-corrected chi connectivity index (χ2v) is 6.47. The maximum Gasteiger partial charge on any atom is 0.325 e. The molecule has 0 radical (unpaired) electrons. The highest BCUT2D eigenvalue weighted by Crippen LogP contribution is 2.36. The lowest BCUT2D eigenvalue weighted by Gasteiger charge is -2.07. The largest absolute Gasteiger partial charge is 0.356 e. The molecule has 0 spiro atoms. The minimum Gasteiger partial charge on any atom is -0.356 e. The van der Waals surface area contributed by atoms with Crippen LogP contribution in [-0.2, 0) is 18.7 Å². The number of nitrogens with one attached hydrogen (secondary N) is 1. The summed E-state index contributed by atoms with van der Waals surface area (Å²) in [6, 6.07) is 0. The van der Waals surface area contributed by atoms with Gasteiger partial charge in [-0.05, 0) is 19.8 Å². The van der Waals surface area contributed by atoms with Crippen LogP contribution in [-0.4, -0.2) is 36.4 Å². The van der Waals surface area contributed by atoms with Gasteiger partial charge in [0.25, 0.3) is 0 Å². The number of carbonyl (C=O) groups is 2. The van der Waals surface area contributed by atoms with E-state index in [1.807, 2.05) is 0 Å². The number of carbonyl (C=O) groups excluding carboxylic acids is 2. The molecule has 7 heteroatoms. The van der Waals surface area contributed by atoms with Gasteiger partial charge in [0.1, 0.15) is 5.78 Å². The predicted molar refractivity (Wildman–Crippen MR) is 73.1 cm³/mol. The summed E-state index contributed by atoms with van der Waals surface area (Å²) in [5.41, 5.74) is 0. The molecule has 0 fully saturated rings. The lowest BCUT2D eigenvalue weighted by atomic mass is 10.2. The number of Topliss-reactive ketones (excluding diaryl/α,β-unsaturated/α-hetero) is 1. The first-order valence-electron chi connectivity index (χ1n) is 6.52. The highest BCUT2D eigenvalue weighted by molar-refractivity contribution is 7.51. The summed E-state index contributed by atoms with van der Waals surface area (Å²) in [6.07, 6.45) is 3.96. The summed E-state index contributed by atoms with van der Waals surface area (Å²) in [6.45, 7) is 3.53. The number of rotatable bonds is 11. The van der Waals surface area contributed by atoms with Crippen molar-refractivity contribution in [1.82, 2.24) is 5.32 Å². The third-order valence-corrected chi connectivity index (χ3v) is 3.09. The Labute approximate surface area is 114 Å². The van der Waals surface area contributed by atoms with Crippen LogP contribution >= 0.6 is 7.60 Å². The van der Waals surface area contributed by atoms with Gasteiger partial charge in [-0.3, -0.25) is 9.36 Å². The molecule has 1 unspecified atom stereocenters. The summed E-state index contributed by atoms with van der Waals surface area (Å²) in [4.78, 5) is 30.8. The molecule has 2 N–H and O–H groups in total. The van der Waals surface area contributed by atoms with E-state index in [-0.39, 0.29) is 24.7 Å². The van der Waals surface area contributed by atoms with Crippen LogP contribution in [0.1, 0.15) is 45.4 Å². The first-order chi connectivity index (χ1) is 8.81. The second-order valence-electron chi connectivity index (χ2n) is 4.60. The van der Waals surface area contributed by atoms with Crippen molar-refractivity contribution in [2.45, 2.75) is 45.4 Å². The van der Waals surface area contributed by atoms with Crippen LogP contribution in [0, 0.1) is 0 Å². The monoisotopic (exact) mass is 293 g/mol. The number of unbranched alkanes of at least 4 members (excludes halogenated alkanes) is 3. The lowest BCUT2D eigenvalue weighted by molar-refractivity contribution is -0.124. The zero-order valence-corrected chi connectivity index (χ0v) is 12.6. The molecule has 0 aromatic rings. The molecule has 0 rings (SSSR count). The minimum absolute atomic E-state index is 0.0206. The molecule has 1 atom stereocenters. The fraction of sp³-hybridized carbons (Fsp3) is 0.833. The van der Waals surface area contributed by atoms with E-state index in [0.29, 0.717) is 13.0 Å². The van der Waals surface area contributed by atoms with E-state index in [1.54, 1.807) is 0 Å². The number of ketones is 1. The van der Waals surface area contributed by atoms with Gasteiger partial charge in [-0.25, -0.2) is 0 Å². The van der Waals surface area contributed by atoms with Crippen LogP contribution in [0.5, 0.6) is 0 Å². The van der Waals surface area contributed by atoms with Gasteiger partial charge in [-0.1, -0.05) is 12.8 Å². The zero-order valence-electron chi connectivity index (χ0n) is 11.7. The summed E-state index contributed by atoms with van der Waals surface area (Å²) < 4.78 is 15.5. The fourth-order valence-corrected chi connectivity index (χ4v) is 1.89. The molecular formula is C12H24NO5P. The van der Waals surface area contributed by atoms with E-state index in [2.05, 4.69) is 5.32 Å². The second kappa shape index (κ2) is 10.1. The summed E-state index contributed by atoms with van der Waals surface area (Å²) >= 11 is 0. The van der Waals surface area contributed by atoms with Crippen LogP contribution in [0.4, 0.5) is 0 Å². The van der Waals surface area contributed by atoms with Gasteiger partial charge in [-0.2, -0.15) is 0 Å². The van der Waals surface area contributed by atoms with E-state index in [1.165, 1.54) is 13.6 Å². The van der Waals surface area contributed by atoms with Crippen LogP contribution in [0.15, 0.2) is 0 Å². The van der Waals surface area contributed by atoms with Crippen molar-refractivity contribution in [3.63, 3.8) is 0 Å². The molecule has 1 amide bonds. The molecule has 0 aliphatic heterocycles. The van der Waals surface area contributed by atoms with Gasteiger partial charge in [0.05, 0.1) is 6.61 Å². The Morgan fingerprint density at radius 2 is 1.79 bits per heavy atom. The Hall–Kier alpha value is -0.710. The van der Waals surface area contributed by atoms with E-state index in [9.17, 15) is 14.2 Å². The van der Waals surface area contributed by atoms with Crippen molar-refractivity contribution < 1.29 is 23.6 Å². The number of hydrogen-bond donors (Lipinski definition) is 2. The van der Waals surface area contributed by atoms with Crippen LogP contribution in [0.2, 0.25) is 0 Å². The maximum absolute atomic E-state index is 11.3. The lowest BCUT2D eigenvalue weighted by Crippen LogP contribution is -2.24. The molecule has 0 heterocycles. The zero-order chi connectivity index (χ0) is 14.7. The number of amides is 1. The van der Waals surface area contributed by atoms with Crippen LogP contribution in [0.25, 0.3) is 0 Å². The van der Waals surface area contributed by atoms with Gasteiger partial charge in [0, 0.05) is 26.1 Å². The molecule has 112 valence electrons. The van der Waals surface area contributed by atoms with Crippen molar-refractivity contribution in [1.29, 1.82) is 0 Å². The first-order valence-corrected chi connectivity index (χ1v) is 8.54. The maximum atomic E-state index is 11.3. The Morgan fingerprint density at radius 3 is 2.37 bits per heavy atom. The van der Waals surface area contributed by atoms with Crippen molar-refractivity contribution in [2.24, 2.45) is 0 Å². The molecule has 0 aromatic heterocycles.